The lowest BCUT2D eigenvalue weighted by Gasteiger charge is -2.30. The number of carbonyl (C=O) groups excluding carboxylic acids is 2. The van der Waals surface area contributed by atoms with E-state index in [2.05, 4.69) is 20.8 Å². The summed E-state index contributed by atoms with van der Waals surface area (Å²) in [6.07, 6.45) is 2.80. The van der Waals surface area contributed by atoms with Crippen molar-refractivity contribution in [3.63, 3.8) is 0 Å². The lowest BCUT2D eigenvalue weighted by molar-refractivity contribution is -0.140. The van der Waals surface area contributed by atoms with E-state index >= 15 is 0 Å². The second-order valence-electron chi connectivity index (χ2n) is 9.36. The van der Waals surface area contributed by atoms with Gasteiger partial charge in [0.15, 0.2) is 0 Å². The van der Waals surface area contributed by atoms with Crippen LogP contribution in [0.5, 0.6) is 0 Å². The summed E-state index contributed by atoms with van der Waals surface area (Å²) in [6, 6.07) is 4.12. The van der Waals surface area contributed by atoms with Crippen molar-refractivity contribution in [2.24, 2.45) is 17.1 Å². The van der Waals surface area contributed by atoms with Crippen LogP contribution in [-0.4, -0.2) is 55.5 Å². The Labute approximate surface area is 187 Å². The summed E-state index contributed by atoms with van der Waals surface area (Å²) in [5, 5.41) is 14.7. The number of aromatic nitrogens is 4. The molecule has 0 unspecified atom stereocenters. The lowest BCUT2D eigenvalue weighted by atomic mass is 9.88. The van der Waals surface area contributed by atoms with Crippen molar-refractivity contribution < 1.29 is 9.59 Å². The zero-order valence-corrected chi connectivity index (χ0v) is 19.1. The highest BCUT2D eigenvalue weighted by Crippen LogP contribution is 2.27. The Balaban J connectivity index is 1.72. The summed E-state index contributed by atoms with van der Waals surface area (Å²) in [7, 11) is 0. The first-order chi connectivity index (χ1) is 14.6. The minimum Gasteiger partial charge on any atom is -0.350 e. The molecule has 2 aromatic rings. The standard InChI is InChI=1S/C21H30ClN7O2/c1-13-7-8-28(20(31)16(23)10-21(2,3)4)18(13)19(30)24-11-14-9-15(22)5-6-17(14)29-12-25-26-27-29/h5-6,9,12-13,16,18H,7-8,10-11,23H2,1-4H3,(H,24,30)/t13-,16-,18+/m1/s1. The maximum Gasteiger partial charge on any atom is 0.243 e. The van der Waals surface area contributed by atoms with E-state index in [-0.39, 0.29) is 29.7 Å². The van der Waals surface area contributed by atoms with Crippen LogP contribution < -0.4 is 11.1 Å². The first kappa shape index (κ1) is 23.1. The number of hydrogen-bond acceptors (Lipinski definition) is 6. The molecule has 1 fully saturated rings. The molecule has 9 nitrogen and oxygen atoms in total. The van der Waals surface area contributed by atoms with Gasteiger partial charge in [0.2, 0.25) is 11.8 Å². The maximum absolute atomic E-state index is 13.1. The first-order valence-electron chi connectivity index (χ1n) is 10.4. The molecule has 10 heteroatoms. The summed E-state index contributed by atoms with van der Waals surface area (Å²) in [5.41, 5.74) is 7.60. The maximum atomic E-state index is 13.1. The van der Waals surface area contributed by atoms with Crippen LogP contribution in [-0.2, 0) is 16.1 Å². The number of nitrogens with two attached hydrogens (primary N) is 1. The van der Waals surface area contributed by atoms with Crippen LogP contribution in [0.1, 0.15) is 46.1 Å². The molecule has 2 amide bonds. The number of benzene rings is 1. The molecule has 2 heterocycles. The Hall–Kier alpha value is -2.52. The average molecular weight is 448 g/mol. The third kappa shape index (κ3) is 5.59. The van der Waals surface area contributed by atoms with Gasteiger partial charge in [0.05, 0.1) is 11.7 Å². The fourth-order valence-electron chi connectivity index (χ4n) is 4.03. The number of nitrogens with zero attached hydrogens (tertiary/aromatic N) is 5. The average Bonchev–Trinajstić information content (AvgIpc) is 3.34. The summed E-state index contributed by atoms with van der Waals surface area (Å²) in [6.45, 7) is 8.88. The van der Waals surface area contributed by atoms with E-state index in [0.717, 1.165) is 12.0 Å². The second kappa shape index (κ2) is 9.32. The lowest BCUT2D eigenvalue weighted by Crippen LogP contribution is -2.53. The highest BCUT2D eigenvalue weighted by Gasteiger charge is 2.41. The molecule has 0 saturated carbocycles. The highest BCUT2D eigenvalue weighted by molar-refractivity contribution is 6.30. The van der Waals surface area contributed by atoms with Crippen molar-refractivity contribution in [2.75, 3.05) is 6.54 Å². The molecule has 0 radical (unpaired) electrons. The normalized spacial score (nSPS) is 20.0. The molecule has 0 bridgehead atoms. The van der Waals surface area contributed by atoms with Crippen molar-refractivity contribution in [3.8, 4) is 5.69 Å². The Morgan fingerprint density at radius 3 is 2.74 bits per heavy atom. The molecule has 3 rings (SSSR count). The molecule has 0 spiro atoms. The van der Waals surface area contributed by atoms with E-state index in [1.54, 1.807) is 23.1 Å². The van der Waals surface area contributed by atoms with Gasteiger partial charge in [-0.25, -0.2) is 4.68 Å². The van der Waals surface area contributed by atoms with Crippen molar-refractivity contribution in [2.45, 2.75) is 59.2 Å². The molecule has 1 aromatic heterocycles. The monoisotopic (exact) mass is 447 g/mol. The van der Waals surface area contributed by atoms with Gasteiger partial charge < -0.3 is 16.0 Å². The smallest absolute Gasteiger partial charge is 0.243 e. The summed E-state index contributed by atoms with van der Waals surface area (Å²) < 4.78 is 1.51. The van der Waals surface area contributed by atoms with Crippen molar-refractivity contribution in [1.29, 1.82) is 0 Å². The van der Waals surface area contributed by atoms with Crippen LogP contribution in [0, 0.1) is 11.3 Å². The van der Waals surface area contributed by atoms with Crippen LogP contribution in [0.4, 0.5) is 0 Å². The largest absolute Gasteiger partial charge is 0.350 e. The molecule has 31 heavy (non-hydrogen) atoms. The molecular weight excluding hydrogens is 418 g/mol. The number of carbonyl (C=O) groups is 2. The SMILES string of the molecule is C[C@@H]1CCN(C(=O)[C@H](N)CC(C)(C)C)[C@@H]1C(=O)NCc1cc(Cl)ccc1-n1cnnn1. The van der Waals surface area contributed by atoms with E-state index in [9.17, 15) is 9.59 Å². The zero-order chi connectivity index (χ0) is 22.8. The van der Waals surface area contributed by atoms with Crippen LogP contribution in [0.2, 0.25) is 5.02 Å². The summed E-state index contributed by atoms with van der Waals surface area (Å²) >= 11 is 6.16. The predicted octanol–water partition coefficient (Wildman–Crippen LogP) is 1.93. The summed E-state index contributed by atoms with van der Waals surface area (Å²) in [4.78, 5) is 27.7. The molecule has 1 aliphatic heterocycles. The molecule has 168 valence electrons. The number of tetrazole rings is 1. The third-order valence-electron chi connectivity index (χ3n) is 5.49. The minimum absolute atomic E-state index is 0.0455. The predicted molar refractivity (Wildman–Crippen MR) is 117 cm³/mol. The number of halogens is 1. The quantitative estimate of drug-likeness (QED) is 0.698. The van der Waals surface area contributed by atoms with Crippen LogP contribution in [0.25, 0.3) is 5.69 Å². The van der Waals surface area contributed by atoms with Gasteiger partial charge in [-0.15, -0.1) is 5.10 Å². The molecule has 1 aromatic carbocycles. The summed E-state index contributed by atoms with van der Waals surface area (Å²) in [5.74, 6) is -0.329. The Bertz CT molecular complexity index is 926. The number of rotatable bonds is 6. The fraction of sp³-hybridized carbons (Fsp3) is 0.571. The van der Waals surface area contributed by atoms with Crippen LogP contribution in [0.3, 0.4) is 0 Å². The highest BCUT2D eigenvalue weighted by atomic mass is 35.5. The van der Waals surface area contributed by atoms with E-state index < -0.39 is 12.1 Å². The minimum atomic E-state index is -0.625. The second-order valence-corrected chi connectivity index (χ2v) is 9.80. The molecule has 0 aliphatic carbocycles. The molecule has 3 atom stereocenters. The van der Waals surface area contributed by atoms with Crippen LogP contribution in [0.15, 0.2) is 24.5 Å². The van der Waals surface area contributed by atoms with Crippen molar-refractivity contribution in [3.05, 3.63) is 35.1 Å². The van der Waals surface area contributed by atoms with E-state index in [0.29, 0.717) is 23.7 Å². The number of hydrogen-bond donors (Lipinski definition) is 2. The zero-order valence-electron chi connectivity index (χ0n) is 18.4. The molecular formula is C21H30ClN7O2. The topological polar surface area (TPSA) is 119 Å². The first-order valence-corrected chi connectivity index (χ1v) is 10.8. The van der Waals surface area contributed by atoms with Gasteiger partial charge in [-0.05, 0) is 58.4 Å². The van der Waals surface area contributed by atoms with E-state index in [1.165, 1.54) is 11.0 Å². The fourth-order valence-corrected chi connectivity index (χ4v) is 4.23. The van der Waals surface area contributed by atoms with Gasteiger partial charge in [-0.3, -0.25) is 9.59 Å². The molecule has 3 N–H and O–H groups in total. The Kier molecular flexibility index (Phi) is 6.96. The van der Waals surface area contributed by atoms with Gasteiger partial charge in [0.25, 0.3) is 0 Å². The third-order valence-corrected chi connectivity index (χ3v) is 5.73. The van der Waals surface area contributed by atoms with Crippen LogP contribution >= 0.6 is 11.6 Å². The van der Waals surface area contributed by atoms with Gasteiger partial charge >= 0.3 is 0 Å². The van der Waals surface area contributed by atoms with Gasteiger partial charge in [-0.1, -0.05) is 39.3 Å². The van der Waals surface area contributed by atoms with E-state index in [1.807, 2.05) is 27.7 Å². The van der Waals surface area contributed by atoms with Crippen molar-refractivity contribution in [1.82, 2.24) is 30.4 Å². The van der Waals surface area contributed by atoms with Gasteiger partial charge in [-0.2, -0.15) is 0 Å². The Morgan fingerprint density at radius 2 is 2.10 bits per heavy atom. The van der Waals surface area contributed by atoms with Gasteiger partial charge in [0.1, 0.15) is 12.4 Å². The number of amides is 2. The van der Waals surface area contributed by atoms with Gasteiger partial charge in [0, 0.05) is 18.1 Å². The number of likely N-dealkylation sites (tertiary alicyclic amines) is 1. The Morgan fingerprint density at radius 1 is 1.35 bits per heavy atom. The molecule has 1 saturated heterocycles. The number of nitrogens with one attached hydrogen (secondary N) is 1. The van der Waals surface area contributed by atoms with E-state index in [4.69, 9.17) is 17.3 Å². The molecule has 1 aliphatic rings. The van der Waals surface area contributed by atoms with Crippen molar-refractivity contribution >= 4 is 23.4 Å².